The predicted molar refractivity (Wildman–Crippen MR) is 66.1 cm³/mol. The van der Waals surface area contributed by atoms with Crippen LogP contribution in [-0.2, 0) is 16.0 Å². The maximum atomic E-state index is 11.1. The van der Waals surface area contributed by atoms with Gasteiger partial charge in [0, 0.05) is 13.0 Å². The summed E-state index contributed by atoms with van der Waals surface area (Å²) in [5.74, 6) is 0.129. The van der Waals surface area contributed by atoms with Crippen LogP contribution in [0, 0.1) is 0 Å². The van der Waals surface area contributed by atoms with Gasteiger partial charge >= 0.3 is 0 Å². The van der Waals surface area contributed by atoms with E-state index in [9.17, 15) is 4.79 Å². The summed E-state index contributed by atoms with van der Waals surface area (Å²) in [5.41, 5.74) is 7.07. The zero-order valence-electron chi connectivity index (χ0n) is 10.9. The summed E-state index contributed by atoms with van der Waals surface area (Å²) in [4.78, 5) is 11.1. The molecule has 1 fully saturated rings. The molecule has 1 aromatic rings. The van der Waals surface area contributed by atoms with Gasteiger partial charge in [-0.25, -0.2) is 4.68 Å². The van der Waals surface area contributed by atoms with Crippen LogP contribution in [0.5, 0.6) is 0 Å². The highest BCUT2D eigenvalue weighted by molar-refractivity contribution is 5.76. The quantitative estimate of drug-likeness (QED) is 0.777. The van der Waals surface area contributed by atoms with Crippen molar-refractivity contribution in [2.24, 2.45) is 5.73 Å². The fourth-order valence-corrected chi connectivity index (χ4v) is 2.23. The molecule has 2 N–H and O–H groups in total. The van der Waals surface area contributed by atoms with Gasteiger partial charge in [0.2, 0.25) is 5.91 Å². The molecule has 1 heterocycles. The van der Waals surface area contributed by atoms with Gasteiger partial charge in [0.1, 0.15) is 0 Å². The van der Waals surface area contributed by atoms with Gasteiger partial charge in [0.15, 0.2) is 0 Å². The maximum Gasteiger partial charge on any atom is 0.223 e. The second-order valence-corrected chi connectivity index (χ2v) is 4.80. The zero-order valence-corrected chi connectivity index (χ0v) is 10.9. The lowest BCUT2D eigenvalue weighted by molar-refractivity contribution is -0.117. The fraction of sp³-hybridized carbons (Fsp3) is 0.750. The standard InChI is InChI=1S/C12H20N4O2/c1-3-9(7-18-2)16-12(8-4-5-8)10(14-15-16)6-11(13)17/h8-9H,3-7H2,1-2H3,(H2,13,17). The number of primary amides is 1. The van der Waals surface area contributed by atoms with E-state index in [4.69, 9.17) is 10.5 Å². The molecule has 0 radical (unpaired) electrons. The van der Waals surface area contributed by atoms with Gasteiger partial charge in [-0.3, -0.25) is 4.79 Å². The highest BCUT2D eigenvalue weighted by Crippen LogP contribution is 2.42. The van der Waals surface area contributed by atoms with Crippen molar-refractivity contribution >= 4 is 5.91 Å². The molecule has 0 aromatic carbocycles. The summed E-state index contributed by atoms with van der Waals surface area (Å²) < 4.78 is 7.14. The molecule has 0 aliphatic heterocycles. The van der Waals surface area contributed by atoms with E-state index in [1.165, 1.54) is 0 Å². The third-order valence-corrected chi connectivity index (χ3v) is 3.29. The molecule has 1 atom stereocenters. The summed E-state index contributed by atoms with van der Waals surface area (Å²) in [6.45, 7) is 2.70. The van der Waals surface area contributed by atoms with Crippen molar-refractivity contribution in [3.8, 4) is 0 Å². The molecule has 6 nitrogen and oxygen atoms in total. The van der Waals surface area contributed by atoms with Gasteiger partial charge in [-0.05, 0) is 19.3 Å². The summed E-state index contributed by atoms with van der Waals surface area (Å²) in [6.07, 6.45) is 3.38. The predicted octanol–water partition coefficient (Wildman–Crippen LogP) is 0.781. The van der Waals surface area contributed by atoms with Crippen molar-refractivity contribution in [3.05, 3.63) is 11.4 Å². The molecule has 1 amide bonds. The van der Waals surface area contributed by atoms with Crippen molar-refractivity contribution in [1.29, 1.82) is 0 Å². The van der Waals surface area contributed by atoms with Crippen LogP contribution in [0.3, 0.4) is 0 Å². The Hall–Kier alpha value is -1.43. The summed E-state index contributed by atoms with van der Waals surface area (Å²) >= 11 is 0. The van der Waals surface area contributed by atoms with Crippen LogP contribution < -0.4 is 5.73 Å². The minimum absolute atomic E-state index is 0.176. The van der Waals surface area contributed by atoms with Crippen LogP contribution in [-0.4, -0.2) is 34.6 Å². The number of amides is 1. The first-order valence-corrected chi connectivity index (χ1v) is 6.38. The number of hydrogen-bond acceptors (Lipinski definition) is 4. The smallest absolute Gasteiger partial charge is 0.223 e. The Morgan fingerprint density at radius 2 is 2.33 bits per heavy atom. The molecule has 1 unspecified atom stereocenters. The summed E-state index contributed by atoms with van der Waals surface area (Å²) in [7, 11) is 1.68. The van der Waals surface area contributed by atoms with E-state index in [1.807, 2.05) is 4.68 Å². The van der Waals surface area contributed by atoms with Gasteiger partial charge < -0.3 is 10.5 Å². The molecule has 6 heteroatoms. The third-order valence-electron chi connectivity index (χ3n) is 3.29. The molecule has 18 heavy (non-hydrogen) atoms. The number of methoxy groups -OCH3 is 1. The van der Waals surface area contributed by atoms with Crippen LogP contribution in [0.2, 0.25) is 0 Å². The minimum atomic E-state index is -0.358. The van der Waals surface area contributed by atoms with Crippen molar-refractivity contribution in [1.82, 2.24) is 15.0 Å². The second kappa shape index (κ2) is 5.48. The Labute approximate surface area is 106 Å². The Balaban J connectivity index is 2.28. The first-order valence-electron chi connectivity index (χ1n) is 6.38. The first kappa shape index (κ1) is 13.0. The molecule has 1 saturated carbocycles. The van der Waals surface area contributed by atoms with E-state index in [-0.39, 0.29) is 18.4 Å². The summed E-state index contributed by atoms with van der Waals surface area (Å²) in [5, 5.41) is 8.32. The SMILES string of the molecule is CCC(COC)n1nnc(CC(N)=O)c1C1CC1. The van der Waals surface area contributed by atoms with Gasteiger partial charge in [0.05, 0.1) is 30.5 Å². The molecule has 0 spiro atoms. The van der Waals surface area contributed by atoms with Gasteiger partial charge in [-0.2, -0.15) is 0 Å². The van der Waals surface area contributed by atoms with Crippen molar-refractivity contribution in [3.63, 3.8) is 0 Å². The Bertz CT molecular complexity index is 426. The average Bonchev–Trinajstić information content (AvgIpc) is 3.08. The van der Waals surface area contributed by atoms with Crippen molar-refractivity contribution in [2.75, 3.05) is 13.7 Å². The van der Waals surface area contributed by atoms with Gasteiger partial charge in [-0.15, -0.1) is 5.10 Å². The molecule has 1 aliphatic carbocycles. The molecule has 0 saturated heterocycles. The van der Waals surface area contributed by atoms with Crippen LogP contribution in [0.1, 0.15) is 49.5 Å². The highest BCUT2D eigenvalue weighted by atomic mass is 16.5. The molecule has 0 bridgehead atoms. The van der Waals surface area contributed by atoms with Crippen molar-refractivity contribution < 1.29 is 9.53 Å². The van der Waals surface area contributed by atoms with E-state index in [0.29, 0.717) is 12.5 Å². The number of carbonyl (C=O) groups is 1. The van der Waals surface area contributed by atoms with Crippen LogP contribution >= 0.6 is 0 Å². The van der Waals surface area contributed by atoms with Crippen LogP contribution in [0.4, 0.5) is 0 Å². The number of rotatable bonds is 7. The number of nitrogens with zero attached hydrogens (tertiary/aromatic N) is 3. The normalized spacial score (nSPS) is 16.8. The number of hydrogen-bond donors (Lipinski definition) is 1. The molecule has 2 rings (SSSR count). The van der Waals surface area contributed by atoms with E-state index in [0.717, 1.165) is 30.7 Å². The van der Waals surface area contributed by atoms with E-state index in [2.05, 4.69) is 17.2 Å². The van der Waals surface area contributed by atoms with Crippen molar-refractivity contribution in [2.45, 2.75) is 44.6 Å². The minimum Gasteiger partial charge on any atom is -0.382 e. The molecular formula is C12H20N4O2. The monoisotopic (exact) mass is 252 g/mol. The second-order valence-electron chi connectivity index (χ2n) is 4.80. The van der Waals surface area contributed by atoms with Gasteiger partial charge in [-0.1, -0.05) is 12.1 Å². The Morgan fingerprint density at radius 1 is 1.61 bits per heavy atom. The number of carbonyl (C=O) groups excluding carboxylic acids is 1. The van der Waals surface area contributed by atoms with Crippen LogP contribution in [0.15, 0.2) is 0 Å². The molecule has 1 aromatic heterocycles. The third kappa shape index (κ3) is 2.69. The van der Waals surface area contributed by atoms with E-state index < -0.39 is 0 Å². The molecular weight excluding hydrogens is 232 g/mol. The fourth-order valence-electron chi connectivity index (χ4n) is 2.23. The van der Waals surface area contributed by atoms with E-state index >= 15 is 0 Å². The lowest BCUT2D eigenvalue weighted by Gasteiger charge is -2.16. The first-order chi connectivity index (χ1) is 8.67. The topological polar surface area (TPSA) is 83.0 Å². The average molecular weight is 252 g/mol. The lowest BCUT2D eigenvalue weighted by Crippen LogP contribution is -2.19. The number of aromatic nitrogens is 3. The summed E-state index contributed by atoms with van der Waals surface area (Å²) in [6, 6.07) is 0.180. The maximum absolute atomic E-state index is 11.1. The number of nitrogens with two attached hydrogens (primary N) is 1. The number of ether oxygens (including phenoxy) is 1. The zero-order chi connectivity index (χ0) is 13.1. The van der Waals surface area contributed by atoms with Crippen LogP contribution in [0.25, 0.3) is 0 Å². The highest BCUT2D eigenvalue weighted by Gasteiger charge is 2.33. The molecule has 100 valence electrons. The largest absolute Gasteiger partial charge is 0.382 e. The Kier molecular flexibility index (Phi) is 3.96. The lowest BCUT2D eigenvalue weighted by atomic mass is 10.1. The Morgan fingerprint density at radius 3 is 2.83 bits per heavy atom. The van der Waals surface area contributed by atoms with E-state index in [1.54, 1.807) is 7.11 Å². The van der Waals surface area contributed by atoms with Gasteiger partial charge in [0.25, 0.3) is 0 Å². The molecule has 1 aliphatic rings.